The van der Waals surface area contributed by atoms with Gasteiger partial charge in [-0.2, -0.15) is 0 Å². The third-order valence-electron chi connectivity index (χ3n) is 6.27. The Balaban J connectivity index is 1.48. The van der Waals surface area contributed by atoms with Gasteiger partial charge < -0.3 is 29.8 Å². The van der Waals surface area contributed by atoms with Crippen LogP contribution < -0.4 is 16.1 Å². The number of nitrogens with zero attached hydrogens (tertiary/aromatic N) is 1. The van der Waals surface area contributed by atoms with E-state index in [1.165, 1.54) is 17.0 Å². The second-order valence-corrected chi connectivity index (χ2v) is 10.8. The summed E-state index contributed by atoms with van der Waals surface area (Å²) in [6, 6.07) is 18.1. The SMILES string of the molecule is CN(CCc1ccc(NC(=O)c2ccc(C(=O)O)cc2NC(=O)c2cc(=O)c3ccccc3o2)cc1)C(=O)OC(C)(C)C. The quantitative estimate of drug-likeness (QED) is 0.248. The van der Waals surface area contributed by atoms with Crippen LogP contribution in [0.1, 0.15) is 57.6 Å². The van der Waals surface area contributed by atoms with Crippen molar-refractivity contribution >= 4 is 46.2 Å². The van der Waals surface area contributed by atoms with Crippen LogP contribution in [0.15, 0.2) is 82.0 Å². The van der Waals surface area contributed by atoms with E-state index in [0.717, 1.165) is 17.7 Å². The summed E-state index contributed by atoms with van der Waals surface area (Å²) in [5.74, 6) is -3.00. The molecule has 1 heterocycles. The molecule has 0 fully saturated rings. The molecular formula is C32H31N3O8. The van der Waals surface area contributed by atoms with E-state index in [2.05, 4.69) is 10.6 Å². The number of benzene rings is 3. The minimum atomic E-state index is -1.26. The molecule has 1 aromatic heterocycles. The smallest absolute Gasteiger partial charge is 0.410 e. The normalized spacial score (nSPS) is 11.1. The largest absolute Gasteiger partial charge is 0.478 e. The van der Waals surface area contributed by atoms with Crippen LogP contribution in [0.3, 0.4) is 0 Å². The average Bonchev–Trinajstić information content (AvgIpc) is 2.95. The molecule has 0 radical (unpaired) electrons. The van der Waals surface area contributed by atoms with E-state index < -0.39 is 34.9 Å². The van der Waals surface area contributed by atoms with Crippen LogP contribution in [0.25, 0.3) is 11.0 Å². The van der Waals surface area contributed by atoms with Gasteiger partial charge in [-0.25, -0.2) is 9.59 Å². The molecule has 0 spiro atoms. The molecule has 11 heteroatoms. The van der Waals surface area contributed by atoms with Gasteiger partial charge in [-0.05, 0) is 75.2 Å². The van der Waals surface area contributed by atoms with Crippen molar-refractivity contribution in [2.24, 2.45) is 0 Å². The summed E-state index contributed by atoms with van der Waals surface area (Å²) in [4.78, 5) is 63.9. The van der Waals surface area contributed by atoms with Crippen LogP contribution in [-0.4, -0.2) is 53.1 Å². The minimum Gasteiger partial charge on any atom is -0.478 e. The van der Waals surface area contributed by atoms with E-state index in [0.29, 0.717) is 24.0 Å². The number of rotatable bonds is 8. The lowest BCUT2D eigenvalue weighted by atomic mass is 10.1. The number of hydrogen-bond acceptors (Lipinski definition) is 7. The molecular weight excluding hydrogens is 554 g/mol. The number of carbonyl (C=O) groups is 4. The van der Waals surface area contributed by atoms with Gasteiger partial charge in [0.2, 0.25) is 0 Å². The van der Waals surface area contributed by atoms with Crippen LogP contribution in [-0.2, 0) is 11.2 Å². The molecule has 4 rings (SSSR count). The number of fused-ring (bicyclic) bond motifs is 1. The zero-order chi connectivity index (χ0) is 31.3. The van der Waals surface area contributed by atoms with Crippen molar-refractivity contribution in [3.63, 3.8) is 0 Å². The van der Waals surface area contributed by atoms with E-state index in [4.69, 9.17) is 9.15 Å². The number of aromatic carboxylic acids is 1. The zero-order valence-electron chi connectivity index (χ0n) is 24.1. The van der Waals surface area contributed by atoms with Crippen LogP contribution in [0.5, 0.6) is 0 Å². The van der Waals surface area contributed by atoms with E-state index in [-0.39, 0.29) is 28.2 Å². The lowest BCUT2D eigenvalue weighted by Gasteiger charge is -2.24. The summed E-state index contributed by atoms with van der Waals surface area (Å²) in [5.41, 5.74) is 0.311. The van der Waals surface area contributed by atoms with Gasteiger partial charge in [0.25, 0.3) is 11.8 Å². The van der Waals surface area contributed by atoms with Gasteiger partial charge in [0.15, 0.2) is 11.2 Å². The third kappa shape index (κ3) is 7.85. The molecule has 222 valence electrons. The van der Waals surface area contributed by atoms with Crippen LogP contribution in [0, 0.1) is 0 Å². The van der Waals surface area contributed by atoms with E-state index in [1.54, 1.807) is 76.3 Å². The number of carboxylic acids is 1. The maximum Gasteiger partial charge on any atom is 0.410 e. The first-order chi connectivity index (χ1) is 20.3. The summed E-state index contributed by atoms with van der Waals surface area (Å²) in [7, 11) is 1.66. The first kappa shape index (κ1) is 30.5. The molecule has 3 aromatic carbocycles. The molecule has 4 aromatic rings. The number of para-hydroxylation sites is 1. The summed E-state index contributed by atoms with van der Waals surface area (Å²) >= 11 is 0. The molecule has 0 aliphatic carbocycles. The number of anilines is 2. The Kier molecular flexibility index (Phi) is 8.94. The first-order valence-electron chi connectivity index (χ1n) is 13.4. The van der Waals surface area contributed by atoms with E-state index in [1.807, 2.05) is 0 Å². The maximum atomic E-state index is 13.2. The molecule has 3 N–H and O–H groups in total. The Morgan fingerprint density at radius 3 is 2.28 bits per heavy atom. The van der Waals surface area contributed by atoms with Crippen molar-refractivity contribution in [1.29, 1.82) is 0 Å². The molecule has 0 bridgehead atoms. The summed E-state index contributed by atoms with van der Waals surface area (Å²) < 4.78 is 10.9. The molecule has 0 aliphatic heterocycles. The molecule has 11 nitrogen and oxygen atoms in total. The Bertz CT molecular complexity index is 1750. The number of carbonyl (C=O) groups excluding carboxylic acids is 3. The topological polar surface area (TPSA) is 155 Å². The van der Waals surface area contributed by atoms with Crippen molar-refractivity contribution in [2.75, 3.05) is 24.2 Å². The maximum absolute atomic E-state index is 13.2. The summed E-state index contributed by atoms with van der Waals surface area (Å²) in [6.45, 7) is 5.82. The highest BCUT2D eigenvalue weighted by Gasteiger charge is 2.21. The first-order valence-corrected chi connectivity index (χ1v) is 13.4. The molecule has 0 unspecified atom stereocenters. The van der Waals surface area contributed by atoms with Crippen molar-refractivity contribution in [1.82, 2.24) is 4.90 Å². The Morgan fingerprint density at radius 1 is 0.907 bits per heavy atom. The van der Waals surface area contributed by atoms with Crippen LogP contribution in [0.2, 0.25) is 0 Å². The average molecular weight is 586 g/mol. The second-order valence-electron chi connectivity index (χ2n) is 10.8. The van der Waals surface area contributed by atoms with Gasteiger partial charge in [-0.1, -0.05) is 24.3 Å². The fourth-order valence-electron chi connectivity index (χ4n) is 4.06. The van der Waals surface area contributed by atoms with Crippen molar-refractivity contribution in [3.05, 3.63) is 105 Å². The van der Waals surface area contributed by atoms with Gasteiger partial charge in [0, 0.05) is 25.3 Å². The Labute approximate surface area is 247 Å². The number of amides is 3. The number of nitrogens with one attached hydrogen (secondary N) is 2. The Hall–Kier alpha value is -5.45. The predicted molar refractivity (Wildman–Crippen MR) is 161 cm³/mol. The van der Waals surface area contributed by atoms with Crippen molar-refractivity contribution < 1.29 is 33.4 Å². The Morgan fingerprint density at radius 2 is 1.60 bits per heavy atom. The summed E-state index contributed by atoms with van der Waals surface area (Å²) in [6.07, 6.45) is 0.137. The van der Waals surface area contributed by atoms with Gasteiger partial charge in [-0.15, -0.1) is 0 Å². The fourth-order valence-corrected chi connectivity index (χ4v) is 4.06. The highest BCUT2D eigenvalue weighted by molar-refractivity contribution is 6.13. The van der Waals surface area contributed by atoms with Crippen LogP contribution in [0.4, 0.5) is 16.2 Å². The molecule has 3 amide bonds. The highest BCUT2D eigenvalue weighted by Crippen LogP contribution is 2.22. The second kappa shape index (κ2) is 12.6. The monoisotopic (exact) mass is 585 g/mol. The molecule has 0 saturated heterocycles. The number of carboxylic acid groups (broad SMARTS) is 1. The molecule has 43 heavy (non-hydrogen) atoms. The predicted octanol–water partition coefficient (Wildman–Crippen LogP) is 5.41. The minimum absolute atomic E-state index is 0.00968. The highest BCUT2D eigenvalue weighted by atomic mass is 16.6. The van der Waals surface area contributed by atoms with Gasteiger partial charge in [0.1, 0.15) is 11.2 Å². The van der Waals surface area contributed by atoms with Crippen molar-refractivity contribution in [2.45, 2.75) is 32.8 Å². The number of hydrogen-bond donors (Lipinski definition) is 3. The van der Waals surface area contributed by atoms with E-state index >= 15 is 0 Å². The zero-order valence-corrected chi connectivity index (χ0v) is 24.1. The summed E-state index contributed by atoms with van der Waals surface area (Å²) in [5, 5.41) is 15.0. The molecule has 0 saturated carbocycles. The molecule has 0 atom stereocenters. The fraction of sp³-hybridized carbons (Fsp3) is 0.219. The van der Waals surface area contributed by atoms with E-state index in [9.17, 15) is 29.1 Å². The lowest BCUT2D eigenvalue weighted by Crippen LogP contribution is -2.35. The third-order valence-corrected chi connectivity index (χ3v) is 6.27. The van der Waals surface area contributed by atoms with Gasteiger partial charge >= 0.3 is 12.1 Å². The van der Waals surface area contributed by atoms with Gasteiger partial charge in [-0.3, -0.25) is 14.4 Å². The standard InChI is InChI=1S/C32H31N3O8/c1-32(2,3)43-31(41)35(4)16-15-19-9-12-21(13-10-19)33-28(37)22-14-11-20(30(39)40)17-24(22)34-29(38)27-18-25(36)23-7-5-6-8-26(23)42-27/h5-14,17-18H,15-16H2,1-4H3,(H,33,37)(H,34,38)(H,39,40). The lowest BCUT2D eigenvalue weighted by molar-refractivity contribution is 0.0300. The molecule has 0 aliphatic rings. The van der Waals surface area contributed by atoms with Crippen molar-refractivity contribution in [3.8, 4) is 0 Å². The number of likely N-dealkylation sites (N-methyl/N-ethyl adjacent to an activating group) is 1. The van der Waals surface area contributed by atoms with Gasteiger partial charge in [0.05, 0.1) is 22.2 Å². The number of ether oxygens (including phenoxy) is 1. The van der Waals surface area contributed by atoms with Crippen LogP contribution >= 0.6 is 0 Å².